The topological polar surface area (TPSA) is 119 Å². The molecular formula is C17H25N3O5S. The number of carbonyl (C=O) groups is 2. The van der Waals surface area contributed by atoms with Gasteiger partial charge in [0.15, 0.2) is 0 Å². The largest absolute Gasteiger partial charge is 0.494 e. The summed E-state index contributed by atoms with van der Waals surface area (Å²) >= 11 is 0. The van der Waals surface area contributed by atoms with Crippen LogP contribution < -0.4 is 15.2 Å². The van der Waals surface area contributed by atoms with Gasteiger partial charge in [0.2, 0.25) is 21.8 Å². The second-order valence-electron chi connectivity index (χ2n) is 6.11. The number of amides is 2. The van der Waals surface area contributed by atoms with Gasteiger partial charge in [-0.2, -0.15) is 0 Å². The van der Waals surface area contributed by atoms with Crippen molar-refractivity contribution < 1.29 is 22.7 Å². The lowest BCUT2D eigenvalue weighted by molar-refractivity contribution is -0.134. The van der Waals surface area contributed by atoms with E-state index in [1.807, 2.05) is 6.92 Å². The second kappa shape index (κ2) is 9.00. The third-order valence-corrected chi connectivity index (χ3v) is 5.80. The van der Waals surface area contributed by atoms with Gasteiger partial charge < -0.3 is 15.4 Å². The van der Waals surface area contributed by atoms with Gasteiger partial charge in [-0.3, -0.25) is 9.59 Å². The van der Waals surface area contributed by atoms with Gasteiger partial charge in [0.05, 0.1) is 11.5 Å². The monoisotopic (exact) mass is 383 g/mol. The molecule has 2 amide bonds. The Bertz CT molecular complexity index is 725. The smallest absolute Gasteiger partial charge is 0.240 e. The summed E-state index contributed by atoms with van der Waals surface area (Å²) in [5.41, 5.74) is 5.27. The molecule has 1 saturated heterocycles. The molecule has 0 aromatic heterocycles. The Labute approximate surface area is 153 Å². The number of carbonyl (C=O) groups excluding carboxylic acids is 2. The van der Waals surface area contributed by atoms with Crippen LogP contribution in [0.15, 0.2) is 29.2 Å². The summed E-state index contributed by atoms with van der Waals surface area (Å²) in [5.74, 6) is -0.0549. The van der Waals surface area contributed by atoms with Gasteiger partial charge in [0, 0.05) is 32.0 Å². The zero-order valence-corrected chi connectivity index (χ0v) is 15.6. The third-order valence-electron chi connectivity index (χ3n) is 4.33. The van der Waals surface area contributed by atoms with Crippen molar-refractivity contribution in [2.24, 2.45) is 11.7 Å². The molecule has 26 heavy (non-hydrogen) atoms. The zero-order valence-electron chi connectivity index (χ0n) is 14.8. The number of sulfonamides is 1. The normalized spacial score (nSPS) is 15.7. The number of hydrogen-bond donors (Lipinski definition) is 2. The Morgan fingerprint density at radius 2 is 1.85 bits per heavy atom. The molecule has 9 heteroatoms. The number of nitrogens with zero attached hydrogens (tertiary/aromatic N) is 1. The van der Waals surface area contributed by atoms with Crippen molar-refractivity contribution in [1.82, 2.24) is 9.62 Å². The van der Waals surface area contributed by atoms with Crippen molar-refractivity contribution in [3.05, 3.63) is 24.3 Å². The summed E-state index contributed by atoms with van der Waals surface area (Å²) in [7, 11) is -3.68. The minimum absolute atomic E-state index is 0.0180. The van der Waals surface area contributed by atoms with Crippen LogP contribution in [0.3, 0.4) is 0 Å². The Hall–Kier alpha value is -2.13. The summed E-state index contributed by atoms with van der Waals surface area (Å²) in [4.78, 5) is 25.1. The van der Waals surface area contributed by atoms with Gasteiger partial charge in [-0.15, -0.1) is 0 Å². The first-order valence-corrected chi connectivity index (χ1v) is 10.1. The number of hydrogen-bond acceptors (Lipinski definition) is 5. The molecule has 3 N–H and O–H groups in total. The first kappa shape index (κ1) is 20.2. The highest BCUT2D eigenvalue weighted by Crippen LogP contribution is 2.18. The van der Waals surface area contributed by atoms with Crippen LogP contribution in [0.5, 0.6) is 5.75 Å². The fraction of sp³-hybridized carbons (Fsp3) is 0.529. The molecule has 2 rings (SSSR count). The Morgan fingerprint density at radius 3 is 2.38 bits per heavy atom. The lowest BCUT2D eigenvalue weighted by atomic mass is 9.96. The number of primary amides is 1. The molecule has 1 aliphatic heterocycles. The summed E-state index contributed by atoms with van der Waals surface area (Å²) in [6.07, 6.45) is 1.18. The molecule has 0 saturated carbocycles. The van der Waals surface area contributed by atoms with Gasteiger partial charge >= 0.3 is 0 Å². The fourth-order valence-corrected chi connectivity index (χ4v) is 3.86. The number of nitrogens with two attached hydrogens (primary N) is 1. The molecule has 0 unspecified atom stereocenters. The lowest BCUT2D eigenvalue weighted by Crippen LogP contribution is -2.42. The minimum atomic E-state index is -3.68. The molecule has 1 aromatic carbocycles. The number of piperidine rings is 1. The van der Waals surface area contributed by atoms with Gasteiger partial charge in [0.1, 0.15) is 5.75 Å². The average Bonchev–Trinajstić information content (AvgIpc) is 2.62. The quantitative estimate of drug-likeness (QED) is 0.677. The highest BCUT2D eigenvalue weighted by molar-refractivity contribution is 7.89. The lowest BCUT2D eigenvalue weighted by Gasteiger charge is -2.30. The van der Waals surface area contributed by atoms with Crippen LogP contribution >= 0.6 is 0 Å². The number of ether oxygens (including phenoxy) is 1. The van der Waals surface area contributed by atoms with E-state index >= 15 is 0 Å². The van der Waals surface area contributed by atoms with Crippen LogP contribution in [-0.2, 0) is 19.6 Å². The average molecular weight is 383 g/mol. The van der Waals surface area contributed by atoms with E-state index < -0.39 is 10.0 Å². The highest BCUT2D eigenvalue weighted by atomic mass is 32.2. The van der Waals surface area contributed by atoms with Crippen molar-refractivity contribution in [3.63, 3.8) is 0 Å². The van der Waals surface area contributed by atoms with Crippen LogP contribution in [0, 0.1) is 5.92 Å². The Morgan fingerprint density at radius 1 is 1.23 bits per heavy atom. The third kappa shape index (κ3) is 5.43. The van der Waals surface area contributed by atoms with E-state index in [1.54, 1.807) is 17.0 Å². The molecular weight excluding hydrogens is 358 g/mol. The van der Waals surface area contributed by atoms with Crippen molar-refractivity contribution in [2.45, 2.75) is 31.1 Å². The molecule has 0 aliphatic carbocycles. The van der Waals surface area contributed by atoms with E-state index in [4.69, 9.17) is 10.5 Å². The standard InChI is InChI=1S/C17H25N3O5S/c1-2-25-14-3-5-15(6-4-14)26(23,24)19-10-7-16(21)20-11-8-13(9-12-20)17(18)22/h3-6,13,19H,2,7-12H2,1H3,(H2,18,22). The number of likely N-dealkylation sites (tertiary alicyclic amines) is 1. The molecule has 1 aliphatic rings. The van der Waals surface area contributed by atoms with Crippen LogP contribution in [0.25, 0.3) is 0 Å². The SMILES string of the molecule is CCOc1ccc(S(=O)(=O)NCCC(=O)N2CCC(C(N)=O)CC2)cc1. The molecule has 0 spiro atoms. The number of benzene rings is 1. The van der Waals surface area contributed by atoms with Crippen molar-refractivity contribution in [1.29, 1.82) is 0 Å². The van der Waals surface area contributed by atoms with Gasteiger partial charge in [-0.25, -0.2) is 13.1 Å². The van der Waals surface area contributed by atoms with Crippen molar-refractivity contribution in [3.8, 4) is 5.75 Å². The maximum absolute atomic E-state index is 12.2. The summed E-state index contributed by atoms with van der Waals surface area (Å²) < 4.78 is 32.2. The van der Waals surface area contributed by atoms with E-state index in [0.717, 1.165) is 0 Å². The van der Waals surface area contributed by atoms with E-state index in [0.29, 0.717) is 38.3 Å². The molecule has 1 heterocycles. The fourth-order valence-electron chi connectivity index (χ4n) is 2.83. The van der Waals surface area contributed by atoms with E-state index in [2.05, 4.69) is 4.72 Å². The molecule has 1 aromatic rings. The number of nitrogens with one attached hydrogen (secondary N) is 1. The van der Waals surface area contributed by atoms with Gasteiger partial charge in [-0.1, -0.05) is 0 Å². The van der Waals surface area contributed by atoms with E-state index in [1.165, 1.54) is 12.1 Å². The Kier molecular flexibility index (Phi) is 6.98. The molecule has 1 fully saturated rings. The van der Waals surface area contributed by atoms with Crippen LogP contribution in [0.4, 0.5) is 0 Å². The second-order valence-corrected chi connectivity index (χ2v) is 7.88. The molecule has 0 radical (unpaired) electrons. The van der Waals surface area contributed by atoms with Gasteiger partial charge in [-0.05, 0) is 44.0 Å². The summed E-state index contributed by atoms with van der Waals surface area (Å²) in [6, 6.07) is 6.10. The van der Waals surface area contributed by atoms with Gasteiger partial charge in [0.25, 0.3) is 0 Å². The summed E-state index contributed by atoms with van der Waals surface area (Å²) in [6.45, 7) is 3.31. The number of rotatable bonds is 8. The van der Waals surface area contributed by atoms with E-state index in [9.17, 15) is 18.0 Å². The highest BCUT2D eigenvalue weighted by Gasteiger charge is 2.25. The van der Waals surface area contributed by atoms with E-state index in [-0.39, 0.29) is 35.6 Å². The maximum Gasteiger partial charge on any atom is 0.240 e. The van der Waals surface area contributed by atoms with Crippen LogP contribution in [0.1, 0.15) is 26.2 Å². The molecule has 0 atom stereocenters. The first-order chi connectivity index (χ1) is 12.3. The maximum atomic E-state index is 12.2. The Balaban J connectivity index is 1.80. The van der Waals surface area contributed by atoms with Crippen molar-refractivity contribution >= 4 is 21.8 Å². The predicted molar refractivity (Wildman–Crippen MR) is 95.9 cm³/mol. The predicted octanol–water partition coefficient (Wildman–Crippen LogP) is 0.478. The zero-order chi connectivity index (χ0) is 19.2. The molecule has 8 nitrogen and oxygen atoms in total. The molecule has 0 bridgehead atoms. The molecule has 144 valence electrons. The summed E-state index contributed by atoms with van der Waals surface area (Å²) in [5, 5.41) is 0. The van der Waals surface area contributed by atoms with Crippen LogP contribution in [0.2, 0.25) is 0 Å². The first-order valence-electron chi connectivity index (χ1n) is 8.63. The minimum Gasteiger partial charge on any atom is -0.494 e. The van der Waals surface area contributed by atoms with Crippen molar-refractivity contribution in [2.75, 3.05) is 26.2 Å². The van der Waals surface area contributed by atoms with Crippen LogP contribution in [-0.4, -0.2) is 51.4 Å².